The van der Waals surface area contributed by atoms with Crippen LogP contribution in [0.15, 0.2) is 79.0 Å². The van der Waals surface area contributed by atoms with Crippen LogP contribution in [0.5, 0.6) is 5.75 Å². The zero-order chi connectivity index (χ0) is 21.8. The number of carbonyl (C=O) groups is 1. The van der Waals surface area contributed by atoms with Gasteiger partial charge in [-0.3, -0.25) is 4.79 Å². The van der Waals surface area contributed by atoms with Gasteiger partial charge in [-0.2, -0.15) is 5.10 Å². The summed E-state index contributed by atoms with van der Waals surface area (Å²) in [5, 5.41) is 7.35. The van der Waals surface area contributed by atoms with E-state index in [4.69, 9.17) is 4.74 Å². The normalized spacial score (nSPS) is 10.7. The van der Waals surface area contributed by atoms with Crippen molar-refractivity contribution in [1.29, 1.82) is 0 Å². The van der Waals surface area contributed by atoms with Crippen molar-refractivity contribution < 1.29 is 13.9 Å². The van der Waals surface area contributed by atoms with Gasteiger partial charge in [-0.25, -0.2) is 9.07 Å². The van der Waals surface area contributed by atoms with E-state index in [-0.39, 0.29) is 17.4 Å². The Bertz CT molecular complexity index is 1200. The molecule has 4 aromatic rings. The number of nitrogens with zero attached hydrogens (tertiary/aromatic N) is 2. The van der Waals surface area contributed by atoms with Crippen LogP contribution in [-0.4, -0.2) is 15.7 Å². The van der Waals surface area contributed by atoms with Crippen LogP contribution in [0.2, 0.25) is 0 Å². The number of hydrogen-bond acceptors (Lipinski definition) is 3. The highest BCUT2D eigenvalue weighted by Gasteiger charge is 2.20. The molecule has 1 heterocycles. The van der Waals surface area contributed by atoms with E-state index < -0.39 is 0 Å². The zero-order valence-corrected chi connectivity index (χ0v) is 17.3. The number of aryl methyl sites for hydroxylation is 2. The minimum absolute atomic E-state index is 0.154. The molecule has 0 fully saturated rings. The average Bonchev–Trinajstić information content (AvgIpc) is 3.20. The smallest absolute Gasteiger partial charge is 0.280 e. The molecule has 0 aliphatic rings. The fourth-order valence-corrected chi connectivity index (χ4v) is 3.13. The van der Waals surface area contributed by atoms with E-state index in [0.717, 1.165) is 22.4 Å². The number of benzene rings is 3. The lowest BCUT2D eigenvalue weighted by Crippen LogP contribution is -2.15. The first-order valence-electron chi connectivity index (χ1n) is 9.90. The van der Waals surface area contributed by atoms with Crippen LogP contribution in [0.4, 0.5) is 10.1 Å². The van der Waals surface area contributed by atoms with Gasteiger partial charge >= 0.3 is 0 Å². The number of anilines is 1. The second-order valence-corrected chi connectivity index (χ2v) is 7.31. The molecule has 0 spiro atoms. The van der Waals surface area contributed by atoms with E-state index in [9.17, 15) is 9.18 Å². The molecule has 0 saturated carbocycles. The highest BCUT2D eigenvalue weighted by atomic mass is 19.1. The Balaban J connectivity index is 1.65. The monoisotopic (exact) mass is 415 g/mol. The summed E-state index contributed by atoms with van der Waals surface area (Å²) in [5.74, 6) is -0.377. The van der Waals surface area contributed by atoms with Crippen LogP contribution in [0.25, 0.3) is 5.69 Å². The van der Waals surface area contributed by atoms with Gasteiger partial charge < -0.3 is 10.1 Å². The maximum absolute atomic E-state index is 13.3. The van der Waals surface area contributed by atoms with Crippen molar-refractivity contribution in [2.45, 2.75) is 20.5 Å². The zero-order valence-electron chi connectivity index (χ0n) is 17.3. The topological polar surface area (TPSA) is 56.2 Å². The Morgan fingerprint density at radius 1 is 1.03 bits per heavy atom. The van der Waals surface area contributed by atoms with Gasteiger partial charge in [0.05, 0.1) is 11.9 Å². The summed E-state index contributed by atoms with van der Waals surface area (Å²) < 4.78 is 20.8. The first kappa shape index (κ1) is 20.3. The Labute approximate surface area is 180 Å². The quantitative estimate of drug-likeness (QED) is 0.455. The summed E-state index contributed by atoms with van der Waals surface area (Å²) in [4.78, 5) is 13.1. The maximum Gasteiger partial charge on any atom is 0.280 e. The van der Waals surface area contributed by atoms with Crippen molar-refractivity contribution in [3.63, 3.8) is 0 Å². The molecular formula is C25H22FN3O2. The number of aromatic nitrogens is 2. The van der Waals surface area contributed by atoms with Gasteiger partial charge in [0.2, 0.25) is 0 Å². The fourth-order valence-electron chi connectivity index (χ4n) is 3.13. The van der Waals surface area contributed by atoms with Gasteiger partial charge in [0.1, 0.15) is 12.4 Å². The van der Waals surface area contributed by atoms with E-state index in [1.54, 1.807) is 18.3 Å². The molecular weight excluding hydrogens is 393 g/mol. The largest absolute Gasteiger partial charge is 0.485 e. The molecule has 0 atom stereocenters. The molecule has 31 heavy (non-hydrogen) atoms. The van der Waals surface area contributed by atoms with Crippen LogP contribution in [0.3, 0.4) is 0 Å². The molecule has 0 saturated heterocycles. The van der Waals surface area contributed by atoms with Gasteiger partial charge in [0.25, 0.3) is 5.91 Å². The predicted molar refractivity (Wildman–Crippen MR) is 118 cm³/mol. The summed E-state index contributed by atoms with van der Waals surface area (Å²) in [6.07, 6.45) is 1.63. The van der Waals surface area contributed by atoms with Crippen molar-refractivity contribution in [3.05, 3.63) is 107 Å². The molecule has 0 unspecified atom stereocenters. The molecule has 5 nitrogen and oxygen atoms in total. The van der Waals surface area contributed by atoms with Crippen LogP contribution in [0, 0.1) is 19.7 Å². The van der Waals surface area contributed by atoms with Gasteiger partial charge in [0, 0.05) is 5.69 Å². The minimum atomic E-state index is -0.377. The maximum atomic E-state index is 13.3. The SMILES string of the molecule is Cc1ccc(C)c(NC(=O)c2nn(-c3ccc(F)cc3)cc2OCc2ccccc2)c1. The van der Waals surface area contributed by atoms with Gasteiger partial charge in [-0.15, -0.1) is 0 Å². The van der Waals surface area contributed by atoms with Crippen LogP contribution in [0.1, 0.15) is 27.2 Å². The van der Waals surface area contributed by atoms with Gasteiger partial charge in [-0.1, -0.05) is 42.5 Å². The lowest BCUT2D eigenvalue weighted by molar-refractivity contribution is 0.101. The van der Waals surface area contributed by atoms with Crippen molar-refractivity contribution in [2.75, 3.05) is 5.32 Å². The van der Waals surface area contributed by atoms with E-state index in [2.05, 4.69) is 10.4 Å². The fraction of sp³-hybridized carbons (Fsp3) is 0.120. The number of hydrogen-bond donors (Lipinski definition) is 1. The number of ether oxygens (including phenoxy) is 1. The number of rotatable bonds is 6. The lowest BCUT2D eigenvalue weighted by atomic mass is 10.1. The second kappa shape index (κ2) is 8.83. The first-order valence-corrected chi connectivity index (χ1v) is 9.90. The third-order valence-corrected chi connectivity index (χ3v) is 4.87. The molecule has 0 radical (unpaired) electrons. The molecule has 1 amide bonds. The molecule has 1 aromatic heterocycles. The summed E-state index contributed by atoms with van der Waals surface area (Å²) >= 11 is 0. The Morgan fingerprint density at radius 3 is 2.52 bits per heavy atom. The first-order chi connectivity index (χ1) is 15.0. The molecule has 3 aromatic carbocycles. The molecule has 1 N–H and O–H groups in total. The number of amides is 1. The van der Waals surface area contributed by atoms with E-state index >= 15 is 0 Å². The highest BCUT2D eigenvalue weighted by Crippen LogP contribution is 2.24. The van der Waals surface area contributed by atoms with E-state index in [1.807, 2.05) is 62.4 Å². The predicted octanol–water partition coefficient (Wildman–Crippen LogP) is 5.46. The Kier molecular flexibility index (Phi) is 5.80. The van der Waals surface area contributed by atoms with Crippen LogP contribution in [-0.2, 0) is 6.61 Å². The van der Waals surface area contributed by atoms with Crippen LogP contribution >= 0.6 is 0 Å². The third kappa shape index (κ3) is 4.80. The molecule has 0 aliphatic carbocycles. The second-order valence-electron chi connectivity index (χ2n) is 7.31. The van der Waals surface area contributed by atoms with Crippen molar-refractivity contribution >= 4 is 11.6 Å². The number of halogens is 1. The molecule has 0 bridgehead atoms. The highest BCUT2D eigenvalue weighted by molar-refractivity contribution is 6.05. The van der Waals surface area contributed by atoms with Gasteiger partial charge in [-0.05, 0) is 60.9 Å². The van der Waals surface area contributed by atoms with Gasteiger partial charge in [0.15, 0.2) is 11.4 Å². The standard InChI is InChI=1S/C25H22FN3O2/c1-17-8-9-18(2)22(14-17)27-25(30)24-23(31-16-19-6-4-3-5-7-19)15-29(28-24)21-12-10-20(26)11-13-21/h3-15H,16H2,1-2H3,(H,27,30). The van der Waals surface area contributed by atoms with Crippen molar-refractivity contribution in [3.8, 4) is 11.4 Å². The van der Waals surface area contributed by atoms with Crippen LogP contribution < -0.4 is 10.1 Å². The summed E-state index contributed by atoms with van der Waals surface area (Å²) in [7, 11) is 0. The number of nitrogens with one attached hydrogen (secondary N) is 1. The van der Waals surface area contributed by atoms with E-state index in [1.165, 1.54) is 16.8 Å². The minimum Gasteiger partial charge on any atom is -0.485 e. The third-order valence-electron chi connectivity index (χ3n) is 4.87. The van der Waals surface area contributed by atoms with Crippen molar-refractivity contribution in [1.82, 2.24) is 9.78 Å². The lowest BCUT2D eigenvalue weighted by Gasteiger charge is -2.10. The Hall–Kier alpha value is -3.93. The molecule has 156 valence electrons. The Morgan fingerprint density at radius 2 is 1.77 bits per heavy atom. The van der Waals surface area contributed by atoms with Crippen molar-refractivity contribution in [2.24, 2.45) is 0 Å². The number of carbonyl (C=O) groups excluding carboxylic acids is 1. The average molecular weight is 415 g/mol. The summed E-state index contributed by atoms with van der Waals surface area (Å²) in [6, 6.07) is 21.4. The molecule has 4 rings (SSSR count). The summed E-state index contributed by atoms with van der Waals surface area (Å²) in [6.45, 7) is 4.19. The van der Waals surface area contributed by atoms with E-state index in [0.29, 0.717) is 18.0 Å². The molecule has 0 aliphatic heterocycles. The molecule has 6 heteroatoms. The summed E-state index contributed by atoms with van der Waals surface area (Å²) in [5.41, 5.74) is 4.45.